The highest BCUT2D eigenvalue weighted by Crippen LogP contribution is 2.16. The summed E-state index contributed by atoms with van der Waals surface area (Å²) < 4.78 is 6.44. The Bertz CT molecular complexity index is 428. The van der Waals surface area contributed by atoms with Crippen molar-refractivity contribution in [2.75, 3.05) is 13.2 Å². The largest absolute Gasteiger partial charge is 0.484 e. The van der Waals surface area contributed by atoms with E-state index >= 15 is 0 Å². The molecule has 0 radical (unpaired) electrons. The Kier molecular flexibility index (Phi) is 7.34. The molecule has 1 saturated heterocycles. The Morgan fingerprint density at radius 1 is 1.45 bits per heavy atom. The molecule has 1 aliphatic heterocycles. The highest BCUT2D eigenvalue weighted by atomic mass is 79.9. The van der Waals surface area contributed by atoms with Crippen molar-refractivity contribution < 1.29 is 9.53 Å². The lowest BCUT2D eigenvalue weighted by Crippen LogP contribution is -2.47. The number of nitrogens with one attached hydrogen (secondary N) is 2. The summed E-state index contributed by atoms with van der Waals surface area (Å²) in [5, 5.41) is 6.38. The molecular formula is C14H20BrClN2O2. The van der Waals surface area contributed by atoms with Gasteiger partial charge in [0.1, 0.15) is 5.75 Å². The summed E-state index contributed by atoms with van der Waals surface area (Å²) in [6, 6.07) is 8.18. The summed E-state index contributed by atoms with van der Waals surface area (Å²) in [7, 11) is 0. The number of hydrogen-bond donors (Lipinski definition) is 2. The Labute approximate surface area is 134 Å². The predicted octanol–water partition coefficient (Wildman–Crippen LogP) is 2.51. The van der Waals surface area contributed by atoms with Crippen molar-refractivity contribution in [3.05, 3.63) is 28.7 Å². The lowest BCUT2D eigenvalue weighted by Gasteiger charge is -2.28. The number of halogens is 2. The molecule has 4 nitrogen and oxygen atoms in total. The van der Waals surface area contributed by atoms with Crippen molar-refractivity contribution in [2.24, 2.45) is 0 Å². The molecule has 20 heavy (non-hydrogen) atoms. The average Bonchev–Trinajstić information content (AvgIpc) is 2.38. The van der Waals surface area contributed by atoms with Gasteiger partial charge in [0.25, 0.3) is 5.91 Å². The van der Waals surface area contributed by atoms with Gasteiger partial charge in [-0.1, -0.05) is 15.9 Å². The van der Waals surface area contributed by atoms with Gasteiger partial charge in [0.2, 0.25) is 0 Å². The zero-order chi connectivity index (χ0) is 13.7. The van der Waals surface area contributed by atoms with Crippen LogP contribution in [-0.2, 0) is 4.79 Å². The van der Waals surface area contributed by atoms with Gasteiger partial charge in [-0.25, -0.2) is 0 Å². The van der Waals surface area contributed by atoms with Gasteiger partial charge in [0.15, 0.2) is 6.61 Å². The SMILES string of the molecule is CC1CC(NC(=O)COc2ccc(Br)cc2)CCN1.Cl. The Hall–Kier alpha value is -0.780. The average molecular weight is 364 g/mol. The summed E-state index contributed by atoms with van der Waals surface area (Å²) >= 11 is 3.36. The van der Waals surface area contributed by atoms with Gasteiger partial charge >= 0.3 is 0 Å². The lowest BCUT2D eigenvalue weighted by atomic mass is 10.0. The third-order valence-electron chi connectivity index (χ3n) is 3.17. The van der Waals surface area contributed by atoms with Gasteiger partial charge in [-0.05, 0) is 50.6 Å². The monoisotopic (exact) mass is 362 g/mol. The molecule has 112 valence electrons. The molecule has 2 N–H and O–H groups in total. The van der Waals surface area contributed by atoms with Crippen LogP contribution >= 0.6 is 28.3 Å². The van der Waals surface area contributed by atoms with E-state index in [9.17, 15) is 4.79 Å². The molecule has 1 aliphatic rings. The number of ether oxygens (including phenoxy) is 1. The molecule has 2 atom stereocenters. The number of hydrogen-bond acceptors (Lipinski definition) is 3. The molecule has 1 aromatic rings. The number of rotatable bonds is 4. The molecule has 0 spiro atoms. The zero-order valence-electron chi connectivity index (χ0n) is 11.4. The Morgan fingerprint density at radius 2 is 2.15 bits per heavy atom. The number of carbonyl (C=O) groups excluding carboxylic acids is 1. The van der Waals surface area contributed by atoms with Crippen molar-refractivity contribution in [3.63, 3.8) is 0 Å². The first-order chi connectivity index (χ1) is 9.13. The van der Waals surface area contributed by atoms with Crippen LogP contribution in [0.15, 0.2) is 28.7 Å². The quantitative estimate of drug-likeness (QED) is 0.864. The van der Waals surface area contributed by atoms with Crippen molar-refractivity contribution in [3.8, 4) is 5.75 Å². The van der Waals surface area contributed by atoms with Crippen LogP contribution in [0.5, 0.6) is 5.75 Å². The molecule has 2 unspecified atom stereocenters. The fraction of sp³-hybridized carbons (Fsp3) is 0.500. The van der Waals surface area contributed by atoms with Gasteiger partial charge in [-0.3, -0.25) is 4.79 Å². The third kappa shape index (κ3) is 5.69. The van der Waals surface area contributed by atoms with E-state index < -0.39 is 0 Å². The number of benzene rings is 1. The van der Waals surface area contributed by atoms with Gasteiger partial charge < -0.3 is 15.4 Å². The lowest BCUT2D eigenvalue weighted by molar-refractivity contribution is -0.124. The van der Waals surface area contributed by atoms with Crippen molar-refractivity contribution in [1.29, 1.82) is 0 Å². The Morgan fingerprint density at radius 3 is 2.80 bits per heavy atom. The van der Waals surface area contributed by atoms with E-state index in [2.05, 4.69) is 33.5 Å². The first-order valence-corrected chi connectivity index (χ1v) is 7.34. The van der Waals surface area contributed by atoms with Crippen LogP contribution in [-0.4, -0.2) is 31.1 Å². The molecule has 1 heterocycles. The van der Waals surface area contributed by atoms with Gasteiger partial charge in [-0.15, -0.1) is 12.4 Å². The van der Waals surface area contributed by atoms with Crippen molar-refractivity contribution >= 4 is 34.2 Å². The topological polar surface area (TPSA) is 50.4 Å². The van der Waals surface area contributed by atoms with Crippen LogP contribution in [0.25, 0.3) is 0 Å². The van der Waals surface area contributed by atoms with Gasteiger partial charge in [0.05, 0.1) is 0 Å². The standard InChI is InChI=1S/C14H19BrN2O2.ClH/c1-10-8-12(6-7-16-10)17-14(18)9-19-13-4-2-11(15)3-5-13;/h2-5,10,12,16H,6-9H2,1H3,(H,17,18);1H. The van der Waals surface area contributed by atoms with Crippen molar-refractivity contribution in [1.82, 2.24) is 10.6 Å². The van der Waals surface area contributed by atoms with E-state index in [1.54, 1.807) is 0 Å². The Balaban J connectivity index is 0.00000200. The molecule has 2 rings (SSSR count). The summed E-state index contributed by atoms with van der Waals surface area (Å²) in [4.78, 5) is 11.8. The zero-order valence-corrected chi connectivity index (χ0v) is 13.8. The van der Waals surface area contributed by atoms with Crippen LogP contribution in [0.2, 0.25) is 0 Å². The van der Waals surface area contributed by atoms with Crippen LogP contribution in [0.3, 0.4) is 0 Å². The minimum atomic E-state index is -0.0537. The van der Waals surface area contributed by atoms with Crippen LogP contribution in [0.1, 0.15) is 19.8 Å². The van der Waals surface area contributed by atoms with E-state index in [4.69, 9.17) is 4.74 Å². The third-order valence-corrected chi connectivity index (χ3v) is 3.70. The maximum absolute atomic E-state index is 11.8. The summed E-state index contributed by atoms with van der Waals surface area (Å²) in [5.41, 5.74) is 0. The normalized spacial score (nSPS) is 21.7. The number of piperidine rings is 1. The second kappa shape index (κ2) is 8.49. The van der Waals surface area contributed by atoms with E-state index in [0.717, 1.165) is 23.9 Å². The second-order valence-corrected chi connectivity index (χ2v) is 5.80. The fourth-order valence-electron chi connectivity index (χ4n) is 2.21. The highest BCUT2D eigenvalue weighted by molar-refractivity contribution is 9.10. The molecule has 1 amide bonds. The highest BCUT2D eigenvalue weighted by Gasteiger charge is 2.19. The first-order valence-electron chi connectivity index (χ1n) is 6.54. The number of carbonyl (C=O) groups is 1. The maximum Gasteiger partial charge on any atom is 0.258 e. The first kappa shape index (κ1) is 17.3. The summed E-state index contributed by atoms with van der Waals surface area (Å²) in [5.74, 6) is 0.652. The van der Waals surface area contributed by atoms with Crippen LogP contribution in [0.4, 0.5) is 0 Å². The molecule has 6 heteroatoms. The maximum atomic E-state index is 11.8. The van der Waals surface area contributed by atoms with Gasteiger partial charge in [-0.2, -0.15) is 0 Å². The second-order valence-electron chi connectivity index (χ2n) is 4.89. The van der Waals surface area contributed by atoms with Crippen LogP contribution in [0, 0.1) is 0 Å². The molecule has 0 aliphatic carbocycles. The summed E-state index contributed by atoms with van der Waals surface area (Å²) in [6.07, 6.45) is 1.96. The fourth-order valence-corrected chi connectivity index (χ4v) is 2.48. The minimum Gasteiger partial charge on any atom is -0.484 e. The number of amides is 1. The van der Waals surface area contributed by atoms with Crippen molar-refractivity contribution in [2.45, 2.75) is 31.8 Å². The van der Waals surface area contributed by atoms with E-state index in [0.29, 0.717) is 11.8 Å². The van der Waals surface area contributed by atoms with Crippen LogP contribution < -0.4 is 15.4 Å². The summed E-state index contributed by atoms with van der Waals surface area (Å²) in [6.45, 7) is 3.16. The molecule has 1 fully saturated rings. The van der Waals surface area contributed by atoms with E-state index in [1.807, 2.05) is 24.3 Å². The minimum absolute atomic E-state index is 0. The van der Waals surface area contributed by atoms with E-state index in [1.165, 1.54) is 0 Å². The van der Waals surface area contributed by atoms with Gasteiger partial charge in [0, 0.05) is 16.6 Å². The predicted molar refractivity (Wildman–Crippen MR) is 85.5 cm³/mol. The molecule has 0 bridgehead atoms. The van der Waals surface area contributed by atoms with E-state index in [-0.39, 0.29) is 31.0 Å². The smallest absolute Gasteiger partial charge is 0.258 e. The molecule has 0 saturated carbocycles. The molecular weight excluding hydrogens is 344 g/mol. The molecule has 1 aromatic carbocycles. The molecule has 0 aromatic heterocycles.